The Labute approximate surface area is 177 Å². The largest absolute Gasteiger partial charge is 0.477 e. The highest BCUT2D eigenvalue weighted by Crippen LogP contribution is 2.34. The van der Waals surface area contributed by atoms with E-state index in [0.717, 1.165) is 0 Å². The Morgan fingerprint density at radius 2 is 1.59 bits per heavy atom. The molecule has 0 atom stereocenters. The zero-order valence-corrected chi connectivity index (χ0v) is 16.4. The van der Waals surface area contributed by atoms with Crippen molar-refractivity contribution in [1.29, 1.82) is 0 Å². The van der Waals surface area contributed by atoms with E-state index in [4.69, 9.17) is 27.9 Å². The van der Waals surface area contributed by atoms with E-state index in [0.29, 0.717) is 32.7 Å². The van der Waals surface area contributed by atoms with Crippen molar-refractivity contribution in [2.24, 2.45) is 0 Å². The second-order valence-corrected chi connectivity index (χ2v) is 6.69. The van der Waals surface area contributed by atoms with Crippen LogP contribution < -0.4 is 10.1 Å². The SMILES string of the molecule is O=C(O)/C(=C/c1ccc(Oc2cccc(Cl)c2Cl)cc1)NC(=O)c1ccccc1. The summed E-state index contributed by atoms with van der Waals surface area (Å²) in [5.41, 5.74) is 0.688. The molecule has 0 fully saturated rings. The van der Waals surface area contributed by atoms with E-state index >= 15 is 0 Å². The monoisotopic (exact) mass is 427 g/mol. The molecular weight excluding hydrogens is 413 g/mol. The Hall–Kier alpha value is -3.28. The van der Waals surface area contributed by atoms with E-state index in [1.807, 2.05) is 0 Å². The van der Waals surface area contributed by atoms with Crippen molar-refractivity contribution < 1.29 is 19.4 Å². The highest BCUT2D eigenvalue weighted by Gasteiger charge is 2.13. The highest BCUT2D eigenvalue weighted by atomic mass is 35.5. The number of hydrogen-bond acceptors (Lipinski definition) is 3. The highest BCUT2D eigenvalue weighted by molar-refractivity contribution is 6.42. The Kier molecular flexibility index (Phi) is 6.54. The molecule has 3 aromatic carbocycles. The summed E-state index contributed by atoms with van der Waals surface area (Å²) >= 11 is 12.1. The minimum absolute atomic E-state index is 0.245. The summed E-state index contributed by atoms with van der Waals surface area (Å²) in [4.78, 5) is 23.7. The number of carboxylic acids is 1. The van der Waals surface area contributed by atoms with Crippen LogP contribution in [0.25, 0.3) is 6.08 Å². The van der Waals surface area contributed by atoms with E-state index in [1.54, 1.807) is 72.8 Å². The summed E-state index contributed by atoms with van der Waals surface area (Å²) in [5, 5.41) is 12.5. The number of rotatable bonds is 6. The molecule has 0 saturated carbocycles. The number of halogens is 2. The lowest BCUT2D eigenvalue weighted by atomic mass is 10.1. The molecule has 0 aliphatic heterocycles. The number of benzene rings is 3. The van der Waals surface area contributed by atoms with Gasteiger partial charge in [0.15, 0.2) is 0 Å². The van der Waals surface area contributed by atoms with Crippen LogP contribution in [-0.2, 0) is 4.79 Å². The Morgan fingerprint density at radius 1 is 0.897 bits per heavy atom. The molecule has 3 aromatic rings. The number of nitrogens with one attached hydrogen (secondary N) is 1. The lowest BCUT2D eigenvalue weighted by Crippen LogP contribution is -2.27. The van der Waals surface area contributed by atoms with Crippen LogP contribution >= 0.6 is 23.2 Å². The molecule has 0 aliphatic carbocycles. The van der Waals surface area contributed by atoms with Crippen LogP contribution in [0.15, 0.2) is 78.5 Å². The topological polar surface area (TPSA) is 75.6 Å². The molecule has 0 aliphatic rings. The molecule has 0 radical (unpaired) electrons. The molecule has 0 bridgehead atoms. The van der Waals surface area contributed by atoms with Gasteiger partial charge in [0.25, 0.3) is 5.91 Å². The smallest absolute Gasteiger partial charge is 0.352 e. The molecule has 0 saturated heterocycles. The van der Waals surface area contributed by atoms with E-state index in [9.17, 15) is 14.7 Å². The second kappa shape index (κ2) is 9.28. The Balaban J connectivity index is 1.76. The first-order chi connectivity index (χ1) is 13.9. The van der Waals surface area contributed by atoms with Crippen LogP contribution in [0, 0.1) is 0 Å². The van der Waals surface area contributed by atoms with Gasteiger partial charge in [0.2, 0.25) is 0 Å². The molecule has 5 nitrogen and oxygen atoms in total. The van der Waals surface area contributed by atoms with Crippen LogP contribution in [0.3, 0.4) is 0 Å². The summed E-state index contributed by atoms with van der Waals surface area (Å²) in [6, 6.07) is 20.0. The normalized spacial score (nSPS) is 11.0. The quantitative estimate of drug-likeness (QED) is 0.498. The maximum atomic E-state index is 12.2. The van der Waals surface area contributed by atoms with E-state index in [-0.39, 0.29) is 5.70 Å². The standard InChI is InChI=1S/C22H15Cl2NO4/c23-17-7-4-8-19(20(17)24)29-16-11-9-14(10-12-16)13-18(22(27)28)25-21(26)15-5-2-1-3-6-15/h1-13H,(H,25,26)(H,27,28)/b18-13-. The third kappa shape index (κ3) is 5.38. The summed E-state index contributed by atoms with van der Waals surface area (Å²) in [5.74, 6) is -0.851. The van der Waals surface area contributed by atoms with Gasteiger partial charge in [-0.3, -0.25) is 4.79 Å². The van der Waals surface area contributed by atoms with Gasteiger partial charge < -0.3 is 15.2 Å². The number of hydrogen-bond donors (Lipinski definition) is 2. The average Bonchev–Trinajstić information content (AvgIpc) is 2.72. The van der Waals surface area contributed by atoms with Gasteiger partial charge >= 0.3 is 5.97 Å². The number of amides is 1. The van der Waals surface area contributed by atoms with Gasteiger partial charge in [0, 0.05) is 5.56 Å². The van der Waals surface area contributed by atoms with Gasteiger partial charge in [0.05, 0.1) is 5.02 Å². The van der Waals surface area contributed by atoms with Crippen LogP contribution in [-0.4, -0.2) is 17.0 Å². The van der Waals surface area contributed by atoms with Gasteiger partial charge in [-0.25, -0.2) is 4.79 Å². The number of carboxylic acid groups (broad SMARTS) is 1. The molecule has 0 spiro atoms. The summed E-state index contributed by atoms with van der Waals surface area (Å²) in [6.07, 6.45) is 1.36. The van der Waals surface area contributed by atoms with Crippen molar-refractivity contribution >= 4 is 41.2 Å². The number of ether oxygens (including phenoxy) is 1. The first kappa shape index (κ1) is 20.5. The number of carbonyl (C=O) groups excluding carboxylic acids is 1. The maximum Gasteiger partial charge on any atom is 0.352 e. The minimum Gasteiger partial charge on any atom is -0.477 e. The van der Waals surface area contributed by atoms with E-state index < -0.39 is 11.9 Å². The fraction of sp³-hybridized carbons (Fsp3) is 0. The predicted octanol–water partition coefficient (Wildman–Crippen LogP) is 5.64. The molecule has 1 amide bonds. The van der Waals surface area contributed by atoms with Crippen LogP contribution in [0.5, 0.6) is 11.5 Å². The Morgan fingerprint density at radius 3 is 2.24 bits per heavy atom. The molecule has 29 heavy (non-hydrogen) atoms. The van der Waals surface area contributed by atoms with Crippen LogP contribution in [0.4, 0.5) is 0 Å². The van der Waals surface area contributed by atoms with Crippen molar-refractivity contribution in [1.82, 2.24) is 5.32 Å². The second-order valence-electron chi connectivity index (χ2n) is 5.91. The fourth-order valence-electron chi connectivity index (χ4n) is 2.42. The molecular formula is C22H15Cl2NO4. The third-order valence-corrected chi connectivity index (χ3v) is 4.65. The van der Waals surface area contributed by atoms with E-state index in [2.05, 4.69) is 5.32 Å². The lowest BCUT2D eigenvalue weighted by Gasteiger charge is -2.09. The van der Waals surface area contributed by atoms with E-state index in [1.165, 1.54) is 6.08 Å². The number of carbonyl (C=O) groups is 2. The summed E-state index contributed by atoms with van der Waals surface area (Å²) in [6.45, 7) is 0. The Bertz CT molecular complexity index is 1060. The summed E-state index contributed by atoms with van der Waals surface area (Å²) in [7, 11) is 0. The first-order valence-electron chi connectivity index (χ1n) is 8.47. The molecule has 0 unspecified atom stereocenters. The summed E-state index contributed by atoms with van der Waals surface area (Å²) < 4.78 is 5.70. The third-order valence-electron chi connectivity index (χ3n) is 3.85. The van der Waals surface area contributed by atoms with Crippen molar-refractivity contribution in [2.75, 3.05) is 0 Å². The van der Waals surface area contributed by atoms with Gasteiger partial charge in [-0.1, -0.05) is 59.6 Å². The zero-order chi connectivity index (χ0) is 20.8. The molecule has 3 rings (SSSR count). The van der Waals surface area contributed by atoms with Crippen molar-refractivity contribution in [2.45, 2.75) is 0 Å². The fourth-order valence-corrected chi connectivity index (χ4v) is 2.75. The van der Waals surface area contributed by atoms with Crippen LogP contribution in [0.2, 0.25) is 10.0 Å². The van der Waals surface area contributed by atoms with Gasteiger partial charge in [0.1, 0.15) is 22.2 Å². The molecule has 2 N–H and O–H groups in total. The van der Waals surface area contributed by atoms with Gasteiger partial charge in [-0.2, -0.15) is 0 Å². The van der Waals surface area contributed by atoms with Crippen molar-refractivity contribution in [3.63, 3.8) is 0 Å². The zero-order valence-electron chi connectivity index (χ0n) is 14.9. The predicted molar refractivity (Wildman–Crippen MR) is 112 cm³/mol. The number of aliphatic carboxylic acids is 1. The van der Waals surface area contributed by atoms with Gasteiger partial charge in [-0.05, 0) is 48.0 Å². The minimum atomic E-state index is -1.25. The van der Waals surface area contributed by atoms with Crippen molar-refractivity contribution in [3.8, 4) is 11.5 Å². The maximum absolute atomic E-state index is 12.2. The van der Waals surface area contributed by atoms with Gasteiger partial charge in [-0.15, -0.1) is 0 Å². The lowest BCUT2D eigenvalue weighted by molar-refractivity contribution is -0.132. The van der Waals surface area contributed by atoms with Crippen molar-refractivity contribution in [3.05, 3.63) is 99.7 Å². The van der Waals surface area contributed by atoms with Crippen LogP contribution in [0.1, 0.15) is 15.9 Å². The molecule has 0 aromatic heterocycles. The first-order valence-corrected chi connectivity index (χ1v) is 9.23. The molecule has 146 valence electrons. The molecule has 0 heterocycles. The average molecular weight is 428 g/mol. The molecule has 7 heteroatoms.